The number of sulfonamides is 1. The molecule has 2 atom stereocenters. The normalized spacial score (nSPS) is 13.3. The van der Waals surface area contributed by atoms with Crippen molar-refractivity contribution < 1.29 is 22.7 Å². The summed E-state index contributed by atoms with van der Waals surface area (Å²) in [5, 5.41) is 2.88. The molecule has 8 heteroatoms. The summed E-state index contributed by atoms with van der Waals surface area (Å²) in [5.41, 5.74) is 2.17. The molecule has 0 aliphatic carbocycles. The summed E-state index contributed by atoms with van der Waals surface area (Å²) in [4.78, 5) is 12.9. The van der Waals surface area contributed by atoms with Crippen molar-refractivity contribution in [3.05, 3.63) is 53.6 Å². The molecule has 0 unspecified atom stereocenters. The van der Waals surface area contributed by atoms with Crippen LogP contribution in [-0.4, -0.2) is 40.8 Å². The fourth-order valence-corrected chi connectivity index (χ4v) is 4.26. The Labute approximate surface area is 172 Å². The molecule has 0 saturated heterocycles. The second-order valence-electron chi connectivity index (χ2n) is 6.91. The van der Waals surface area contributed by atoms with Gasteiger partial charge in [0.25, 0.3) is 0 Å². The van der Waals surface area contributed by atoms with Gasteiger partial charge in [0.1, 0.15) is 17.5 Å². The molecular weight excluding hydrogens is 392 g/mol. The molecule has 0 heterocycles. The van der Waals surface area contributed by atoms with Gasteiger partial charge >= 0.3 is 0 Å². The molecule has 0 fully saturated rings. The van der Waals surface area contributed by atoms with E-state index >= 15 is 0 Å². The highest BCUT2D eigenvalue weighted by molar-refractivity contribution is 7.92. The Morgan fingerprint density at radius 1 is 1.03 bits per heavy atom. The molecule has 2 aromatic carbocycles. The Kier molecular flexibility index (Phi) is 7.13. The van der Waals surface area contributed by atoms with Crippen molar-refractivity contribution in [3.8, 4) is 11.5 Å². The van der Waals surface area contributed by atoms with Crippen LogP contribution in [0, 0.1) is 6.92 Å². The summed E-state index contributed by atoms with van der Waals surface area (Å²) in [7, 11) is -0.566. The van der Waals surface area contributed by atoms with E-state index in [2.05, 4.69) is 5.32 Å². The quantitative estimate of drug-likeness (QED) is 0.710. The monoisotopic (exact) mass is 420 g/mol. The lowest BCUT2D eigenvalue weighted by atomic mass is 10.1. The number of amides is 1. The molecule has 1 N–H and O–H groups in total. The van der Waals surface area contributed by atoms with Gasteiger partial charge in [0.15, 0.2) is 0 Å². The van der Waals surface area contributed by atoms with E-state index < -0.39 is 28.0 Å². The third kappa shape index (κ3) is 5.41. The number of carbonyl (C=O) groups excluding carboxylic acids is 1. The van der Waals surface area contributed by atoms with Gasteiger partial charge in [0.05, 0.1) is 32.2 Å². The van der Waals surface area contributed by atoms with E-state index in [0.29, 0.717) is 17.2 Å². The SMILES string of the molecule is COc1ccc(OC)c([C@H](C)NC(=O)[C@@H](C)N(c2ccc(C)cc2)S(C)(=O)=O)c1. The van der Waals surface area contributed by atoms with Crippen LogP contribution in [0.5, 0.6) is 11.5 Å². The molecule has 1 amide bonds. The molecule has 0 spiro atoms. The molecule has 0 aliphatic heterocycles. The summed E-state index contributed by atoms with van der Waals surface area (Å²) < 4.78 is 36.6. The summed E-state index contributed by atoms with van der Waals surface area (Å²) in [6, 6.07) is 10.9. The van der Waals surface area contributed by atoms with Crippen molar-refractivity contribution in [2.45, 2.75) is 32.9 Å². The van der Waals surface area contributed by atoms with Crippen molar-refractivity contribution in [1.29, 1.82) is 0 Å². The molecule has 0 aliphatic rings. The predicted molar refractivity (Wildman–Crippen MR) is 114 cm³/mol. The number of hydrogen-bond donors (Lipinski definition) is 1. The number of ether oxygens (including phenoxy) is 2. The van der Waals surface area contributed by atoms with Gasteiger partial charge in [-0.15, -0.1) is 0 Å². The minimum Gasteiger partial charge on any atom is -0.497 e. The van der Waals surface area contributed by atoms with Crippen molar-refractivity contribution in [1.82, 2.24) is 5.32 Å². The van der Waals surface area contributed by atoms with Gasteiger partial charge in [-0.1, -0.05) is 17.7 Å². The minimum atomic E-state index is -3.67. The zero-order valence-electron chi connectivity index (χ0n) is 17.6. The van der Waals surface area contributed by atoms with Gasteiger partial charge in [-0.25, -0.2) is 8.42 Å². The van der Waals surface area contributed by atoms with Crippen LogP contribution in [0.1, 0.15) is 31.0 Å². The summed E-state index contributed by atoms with van der Waals surface area (Å²) >= 11 is 0. The Morgan fingerprint density at radius 3 is 2.17 bits per heavy atom. The lowest BCUT2D eigenvalue weighted by Gasteiger charge is -2.29. The first kappa shape index (κ1) is 22.5. The number of nitrogens with one attached hydrogen (secondary N) is 1. The minimum absolute atomic E-state index is 0.422. The van der Waals surface area contributed by atoms with E-state index in [0.717, 1.165) is 21.7 Å². The largest absolute Gasteiger partial charge is 0.497 e. The summed E-state index contributed by atoms with van der Waals surface area (Å²) in [6.45, 7) is 5.28. The van der Waals surface area contributed by atoms with Crippen LogP contribution in [0.4, 0.5) is 5.69 Å². The number of anilines is 1. The highest BCUT2D eigenvalue weighted by Gasteiger charge is 2.30. The molecule has 0 aromatic heterocycles. The molecule has 0 radical (unpaired) electrons. The first-order valence-electron chi connectivity index (χ1n) is 9.16. The van der Waals surface area contributed by atoms with Gasteiger partial charge < -0.3 is 14.8 Å². The fourth-order valence-electron chi connectivity index (χ4n) is 3.09. The maximum Gasteiger partial charge on any atom is 0.244 e. The van der Waals surface area contributed by atoms with Crippen LogP contribution >= 0.6 is 0 Å². The van der Waals surface area contributed by atoms with Crippen molar-refractivity contribution >= 4 is 21.6 Å². The number of aryl methyl sites for hydroxylation is 1. The number of methoxy groups -OCH3 is 2. The lowest BCUT2D eigenvalue weighted by Crippen LogP contribution is -2.48. The predicted octanol–water partition coefficient (Wildman–Crippen LogP) is 3.04. The molecule has 0 bridgehead atoms. The van der Waals surface area contributed by atoms with Crippen LogP contribution in [0.2, 0.25) is 0 Å². The van der Waals surface area contributed by atoms with Crippen molar-refractivity contribution in [3.63, 3.8) is 0 Å². The maximum atomic E-state index is 12.9. The number of carbonyl (C=O) groups is 1. The van der Waals surface area contributed by atoms with Crippen LogP contribution in [0.15, 0.2) is 42.5 Å². The van der Waals surface area contributed by atoms with Crippen molar-refractivity contribution in [2.24, 2.45) is 0 Å². The highest BCUT2D eigenvalue weighted by atomic mass is 32.2. The molecule has 7 nitrogen and oxygen atoms in total. The Morgan fingerprint density at radius 2 is 1.66 bits per heavy atom. The number of nitrogens with zero attached hydrogens (tertiary/aromatic N) is 1. The van der Waals surface area contributed by atoms with Crippen LogP contribution in [-0.2, 0) is 14.8 Å². The first-order chi connectivity index (χ1) is 13.6. The highest BCUT2D eigenvalue weighted by Crippen LogP contribution is 2.29. The third-order valence-electron chi connectivity index (χ3n) is 4.64. The zero-order valence-corrected chi connectivity index (χ0v) is 18.4. The zero-order chi connectivity index (χ0) is 21.8. The fraction of sp³-hybridized carbons (Fsp3) is 0.381. The van der Waals surface area contributed by atoms with E-state index in [9.17, 15) is 13.2 Å². The second kappa shape index (κ2) is 9.17. The summed E-state index contributed by atoms with van der Waals surface area (Å²) in [5.74, 6) is 0.811. The average Bonchev–Trinajstić information content (AvgIpc) is 2.67. The molecule has 158 valence electrons. The number of rotatable bonds is 8. The number of hydrogen-bond acceptors (Lipinski definition) is 5. The van der Waals surface area contributed by atoms with Gasteiger partial charge in [-0.05, 0) is 51.1 Å². The third-order valence-corrected chi connectivity index (χ3v) is 5.88. The van der Waals surface area contributed by atoms with Gasteiger partial charge in [0, 0.05) is 5.56 Å². The lowest BCUT2D eigenvalue weighted by molar-refractivity contribution is -0.122. The van der Waals surface area contributed by atoms with Gasteiger partial charge in [-0.3, -0.25) is 9.10 Å². The molecule has 29 heavy (non-hydrogen) atoms. The van der Waals surface area contributed by atoms with E-state index in [1.807, 2.05) is 19.1 Å². The number of benzene rings is 2. The van der Waals surface area contributed by atoms with E-state index in [1.165, 1.54) is 0 Å². The molecular formula is C21H28N2O5S. The van der Waals surface area contributed by atoms with Crippen LogP contribution in [0.3, 0.4) is 0 Å². The molecule has 0 saturated carbocycles. The summed E-state index contributed by atoms with van der Waals surface area (Å²) in [6.07, 6.45) is 1.09. The van der Waals surface area contributed by atoms with Gasteiger partial charge in [-0.2, -0.15) is 0 Å². The van der Waals surface area contributed by atoms with E-state index in [4.69, 9.17) is 9.47 Å². The maximum absolute atomic E-state index is 12.9. The second-order valence-corrected chi connectivity index (χ2v) is 8.77. The Bertz CT molecular complexity index is 958. The van der Waals surface area contributed by atoms with Crippen molar-refractivity contribution in [2.75, 3.05) is 24.8 Å². The van der Waals surface area contributed by atoms with Crippen LogP contribution in [0.25, 0.3) is 0 Å². The standard InChI is InChI=1S/C21H28N2O5S/c1-14-7-9-17(10-8-14)23(29(6,25)26)16(3)21(24)22-15(2)19-13-18(27-4)11-12-20(19)28-5/h7-13,15-16H,1-6H3,(H,22,24)/t15-,16+/m0/s1. The smallest absolute Gasteiger partial charge is 0.244 e. The molecule has 2 aromatic rings. The Balaban J connectivity index is 2.29. The molecule has 2 rings (SSSR count). The van der Waals surface area contributed by atoms with Crippen LogP contribution < -0.4 is 19.1 Å². The topological polar surface area (TPSA) is 84.9 Å². The van der Waals surface area contributed by atoms with E-state index in [1.54, 1.807) is 58.4 Å². The van der Waals surface area contributed by atoms with E-state index in [-0.39, 0.29) is 0 Å². The first-order valence-corrected chi connectivity index (χ1v) is 11.0. The Hall–Kier alpha value is -2.74. The van der Waals surface area contributed by atoms with Gasteiger partial charge in [0.2, 0.25) is 15.9 Å². The average molecular weight is 421 g/mol.